The molecule has 0 saturated carbocycles. The quantitative estimate of drug-likeness (QED) is 0.829. The number of nitrogens with zero attached hydrogens (tertiary/aromatic N) is 2. The molecule has 2 aromatic rings. The van der Waals surface area contributed by atoms with Gasteiger partial charge < -0.3 is 9.84 Å². The molecule has 2 rings (SSSR count). The summed E-state index contributed by atoms with van der Waals surface area (Å²) in [6.45, 7) is 1.74. The first-order valence-electron chi connectivity index (χ1n) is 4.68. The second-order valence-corrected chi connectivity index (χ2v) is 3.29. The molecule has 1 aromatic carbocycles. The molecule has 0 fully saturated rings. The average molecular weight is 218 g/mol. The number of aryl methyl sites for hydroxylation is 1. The lowest BCUT2D eigenvalue weighted by molar-refractivity contribution is 0.0683. The van der Waals surface area contributed by atoms with Gasteiger partial charge >= 0.3 is 5.97 Å². The van der Waals surface area contributed by atoms with Gasteiger partial charge in [0.1, 0.15) is 5.75 Å². The van der Waals surface area contributed by atoms with E-state index in [1.165, 1.54) is 0 Å². The maximum atomic E-state index is 10.8. The Kier molecular flexibility index (Phi) is 2.44. The van der Waals surface area contributed by atoms with E-state index in [-0.39, 0.29) is 5.82 Å². The molecule has 5 nitrogen and oxygen atoms in total. The normalized spacial score (nSPS) is 10.4. The Balaban J connectivity index is 2.80. The lowest BCUT2D eigenvalue weighted by Gasteiger charge is -2.07. The third-order valence-corrected chi connectivity index (χ3v) is 2.28. The molecule has 0 unspecified atom stereocenters. The Bertz CT molecular complexity index is 566. The monoisotopic (exact) mass is 218 g/mol. The number of benzene rings is 1. The highest BCUT2D eigenvalue weighted by Gasteiger charge is 2.12. The van der Waals surface area contributed by atoms with Crippen LogP contribution in [0.5, 0.6) is 5.75 Å². The van der Waals surface area contributed by atoms with Crippen LogP contribution in [0.25, 0.3) is 10.9 Å². The van der Waals surface area contributed by atoms with Crippen LogP contribution >= 0.6 is 0 Å². The van der Waals surface area contributed by atoms with Crippen molar-refractivity contribution in [1.29, 1.82) is 0 Å². The molecule has 82 valence electrons. The van der Waals surface area contributed by atoms with E-state index in [9.17, 15) is 4.79 Å². The number of fused-ring (bicyclic) bond motifs is 1. The van der Waals surface area contributed by atoms with Gasteiger partial charge in [0.15, 0.2) is 0 Å². The zero-order chi connectivity index (χ0) is 11.7. The minimum Gasteiger partial charge on any atom is -0.496 e. The Labute approximate surface area is 91.7 Å². The van der Waals surface area contributed by atoms with Crippen LogP contribution in [0.1, 0.15) is 16.3 Å². The fraction of sp³-hybridized carbons (Fsp3) is 0.182. The van der Waals surface area contributed by atoms with Crippen LogP contribution < -0.4 is 4.74 Å². The highest BCUT2D eigenvalue weighted by Crippen LogP contribution is 2.26. The largest absolute Gasteiger partial charge is 0.496 e. The molecule has 1 aromatic heterocycles. The summed E-state index contributed by atoms with van der Waals surface area (Å²) in [5, 5.41) is 9.58. The molecule has 0 radical (unpaired) electrons. The fourth-order valence-corrected chi connectivity index (χ4v) is 1.60. The van der Waals surface area contributed by atoms with Gasteiger partial charge in [0, 0.05) is 0 Å². The van der Waals surface area contributed by atoms with E-state index >= 15 is 0 Å². The molecule has 0 amide bonds. The lowest BCUT2D eigenvalue weighted by atomic mass is 10.1. The first-order valence-corrected chi connectivity index (χ1v) is 4.68. The predicted octanol–water partition coefficient (Wildman–Crippen LogP) is 1.65. The second kappa shape index (κ2) is 3.77. The second-order valence-electron chi connectivity index (χ2n) is 3.29. The molecular formula is C11H10N2O3. The van der Waals surface area contributed by atoms with Crippen LogP contribution in [0.4, 0.5) is 0 Å². The highest BCUT2D eigenvalue weighted by molar-refractivity contribution is 5.91. The number of methoxy groups -OCH3 is 1. The van der Waals surface area contributed by atoms with Gasteiger partial charge in [-0.1, -0.05) is 6.07 Å². The maximum absolute atomic E-state index is 10.8. The summed E-state index contributed by atoms with van der Waals surface area (Å²) in [7, 11) is 1.55. The number of hydrogen-bond donors (Lipinski definition) is 1. The zero-order valence-electron chi connectivity index (χ0n) is 8.89. The van der Waals surface area contributed by atoms with Crippen molar-refractivity contribution < 1.29 is 14.6 Å². The van der Waals surface area contributed by atoms with Crippen LogP contribution in [-0.4, -0.2) is 28.2 Å². The number of aromatic nitrogens is 2. The summed E-state index contributed by atoms with van der Waals surface area (Å²) in [5.41, 5.74) is 1.17. The van der Waals surface area contributed by atoms with Gasteiger partial charge in [-0.05, 0) is 19.1 Å². The predicted molar refractivity (Wildman–Crippen MR) is 57.8 cm³/mol. The molecule has 1 N–H and O–H groups in total. The number of carbonyl (C=O) groups is 1. The standard InChI is InChI=1S/C11H10N2O3/c1-6-9-7(4-3-5-8(9)16-2)13-10(12-6)11(14)15/h3-5H,1-2H3,(H,14,15). The summed E-state index contributed by atoms with van der Waals surface area (Å²) in [6.07, 6.45) is 0. The van der Waals surface area contributed by atoms with Crippen molar-refractivity contribution in [2.45, 2.75) is 6.92 Å². The van der Waals surface area contributed by atoms with Crippen LogP contribution in [-0.2, 0) is 0 Å². The molecule has 0 bridgehead atoms. The number of carboxylic acids is 1. The highest BCUT2D eigenvalue weighted by atomic mass is 16.5. The van der Waals surface area contributed by atoms with Crippen molar-refractivity contribution in [1.82, 2.24) is 9.97 Å². The molecule has 0 aliphatic heterocycles. The molecule has 0 aliphatic carbocycles. The van der Waals surface area contributed by atoms with Crippen molar-refractivity contribution in [2.75, 3.05) is 7.11 Å². The zero-order valence-corrected chi connectivity index (χ0v) is 8.89. The summed E-state index contributed by atoms with van der Waals surface area (Å²) >= 11 is 0. The number of ether oxygens (including phenoxy) is 1. The summed E-state index contributed by atoms with van der Waals surface area (Å²) in [5.74, 6) is -0.682. The lowest BCUT2D eigenvalue weighted by Crippen LogP contribution is -2.06. The summed E-state index contributed by atoms with van der Waals surface area (Å²) in [6, 6.07) is 5.29. The average Bonchev–Trinajstić information content (AvgIpc) is 2.27. The van der Waals surface area contributed by atoms with Crippen molar-refractivity contribution in [3.05, 3.63) is 29.7 Å². The van der Waals surface area contributed by atoms with Gasteiger partial charge in [-0.15, -0.1) is 0 Å². The fourth-order valence-electron chi connectivity index (χ4n) is 1.60. The Morgan fingerprint density at radius 3 is 2.75 bits per heavy atom. The minimum absolute atomic E-state index is 0.196. The third-order valence-electron chi connectivity index (χ3n) is 2.28. The number of rotatable bonds is 2. The van der Waals surface area contributed by atoms with Crippen molar-refractivity contribution in [3.63, 3.8) is 0 Å². The molecule has 0 saturated heterocycles. The van der Waals surface area contributed by atoms with E-state index in [2.05, 4.69) is 9.97 Å². The van der Waals surface area contributed by atoms with Gasteiger partial charge in [-0.25, -0.2) is 14.8 Å². The number of hydrogen-bond acceptors (Lipinski definition) is 4. The molecular weight excluding hydrogens is 208 g/mol. The van der Waals surface area contributed by atoms with Crippen LogP contribution in [0.15, 0.2) is 18.2 Å². The van der Waals surface area contributed by atoms with E-state index in [0.29, 0.717) is 17.0 Å². The van der Waals surface area contributed by atoms with Gasteiger partial charge in [-0.2, -0.15) is 0 Å². The topological polar surface area (TPSA) is 72.3 Å². The van der Waals surface area contributed by atoms with E-state index in [1.807, 2.05) is 0 Å². The van der Waals surface area contributed by atoms with Crippen molar-refractivity contribution >= 4 is 16.9 Å². The number of carboxylic acid groups (broad SMARTS) is 1. The summed E-state index contributed by atoms with van der Waals surface area (Å²) < 4.78 is 5.18. The van der Waals surface area contributed by atoms with Gasteiger partial charge in [0.25, 0.3) is 0 Å². The van der Waals surface area contributed by atoms with Crippen molar-refractivity contribution in [3.8, 4) is 5.75 Å². The maximum Gasteiger partial charge on any atom is 0.373 e. The molecule has 16 heavy (non-hydrogen) atoms. The van der Waals surface area contributed by atoms with Crippen LogP contribution in [0, 0.1) is 6.92 Å². The Morgan fingerprint density at radius 1 is 1.38 bits per heavy atom. The Hall–Kier alpha value is -2.17. The van der Waals surface area contributed by atoms with Crippen LogP contribution in [0.2, 0.25) is 0 Å². The molecule has 0 aliphatic rings. The van der Waals surface area contributed by atoms with Crippen molar-refractivity contribution in [2.24, 2.45) is 0 Å². The molecule has 0 spiro atoms. The van der Waals surface area contributed by atoms with E-state index in [0.717, 1.165) is 5.39 Å². The Morgan fingerprint density at radius 2 is 2.12 bits per heavy atom. The van der Waals surface area contributed by atoms with E-state index < -0.39 is 5.97 Å². The molecule has 1 heterocycles. The first-order chi connectivity index (χ1) is 7.63. The van der Waals surface area contributed by atoms with Crippen LogP contribution in [0.3, 0.4) is 0 Å². The van der Waals surface area contributed by atoms with Gasteiger partial charge in [0.2, 0.25) is 5.82 Å². The van der Waals surface area contributed by atoms with E-state index in [4.69, 9.17) is 9.84 Å². The smallest absolute Gasteiger partial charge is 0.373 e. The van der Waals surface area contributed by atoms with Gasteiger partial charge in [0.05, 0.1) is 23.7 Å². The SMILES string of the molecule is COc1cccc2nc(C(=O)O)nc(C)c12. The van der Waals surface area contributed by atoms with E-state index in [1.54, 1.807) is 32.2 Å². The molecule has 0 atom stereocenters. The van der Waals surface area contributed by atoms with Gasteiger partial charge in [-0.3, -0.25) is 0 Å². The summed E-state index contributed by atoms with van der Waals surface area (Å²) in [4.78, 5) is 18.7. The molecule has 5 heteroatoms. The number of aromatic carboxylic acids is 1. The first kappa shape index (κ1) is 10.4. The third kappa shape index (κ3) is 1.56. The minimum atomic E-state index is -1.13.